The summed E-state index contributed by atoms with van der Waals surface area (Å²) in [6.07, 6.45) is 0. The SMILES string of the molecule is CC.CN(C)C(=O)C(C)(C)c1ccccc1. The van der Waals surface area contributed by atoms with Crippen LogP contribution in [0.2, 0.25) is 0 Å². The van der Waals surface area contributed by atoms with Gasteiger partial charge < -0.3 is 4.90 Å². The molecule has 0 saturated heterocycles. The molecule has 1 aromatic rings. The molecule has 16 heavy (non-hydrogen) atoms. The van der Waals surface area contributed by atoms with E-state index in [1.807, 2.05) is 58.0 Å². The maximum atomic E-state index is 11.9. The normalized spacial score (nSPS) is 10.1. The third-order valence-electron chi connectivity index (χ3n) is 2.44. The van der Waals surface area contributed by atoms with Crippen LogP contribution < -0.4 is 0 Å². The van der Waals surface area contributed by atoms with E-state index in [0.29, 0.717) is 0 Å². The molecule has 90 valence electrons. The molecule has 1 amide bonds. The van der Waals surface area contributed by atoms with Gasteiger partial charge in [0, 0.05) is 14.1 Å². The van der Waals surface area contributed by atoms with E-state index in [9.17, 15) is 4.79 Å². The first kappa shape index (κ1) is 14.7. The van der Waals surface area contributed by atoms with Crippen molar-refractivity contribution in [3.63, 3.8) is 0 Å². The molecule has 0 bridgehead atoms. The number of carbonyl (C=O) groups is 1. The van der Waals surface area contributed by atoms with Crippen molar-refractivity contribution in [3.8, 4) is 0 Å². The minimum atomic E-state index is -0.440. The van der Waals surface area contributed by atoms with Crippen molar-refractivity contribution in [1.82, 2.24) is 4.90 Å². The van der Waals surface area contributed by atoms with Crippen LogP contribution in [0.4, 0.5) is 0 Å². The van der Waals surface area contributed by atoms with Crippen LogP contribution in [0.3, 0.4) is 0 Å². The van der Waals surface area contributed by atoms with Crippen molar-refractivity contribution in [3.05, 3.63) is 35.9 Å². The van der Waals surface area contributed by atoms with Gasteiger partial charge in [0.25, 0.3) is 0 Å². The molecule has 2 nitrogen and oxygen atoms in total. The van der Waals surface area contributed by atoms with E-state index in [0.717, 1.165) is 5.56 Å². The first-order valence-corrected chi connectivity index (χ1v) is 5.73. The molecule has 0 fully saturated rings. The molecule has 1 rings (SSSR count). The molecular weight excluding hydrogens is 198 g/mol. The van der Waals surface area contributed by atoms with Gasteiger partial charge in [-0.2, -0.15) is 0 Å². The molecule has 2 heteroatoms. The molecule has 0 aliphatic rings. The van der Waals surface area contributed by atoms with Crippen LogP contribution in [0.5, 0.6) is 0 Å². The lowest BCUT2D eigenvalue weighted by Gasteiger charge is -2.27. The largest absolute Gasteiger partial charge is 0.348 e. The third-order valence-corrected chi connectivity index (χ3v) is 2.44. The lowest BCUT2D eigenvalue weighted by molar-refractivity contribution is -0.133. The van der Waals surface area contributed by atoms with E-state index in [1.54, 1.807) is 19.0 Å². The number of nitrogens with zero attached hydrogens (tertiary/aromatic N) is 1. The average molecular weight is 221 g/mol. The zero-order valence-corrected chi connectivity index (χ0v) is 11.2. The first-order chi connectivity index (χ1) is 7.46. The van der Waals surface area contributed by atoms with Crippen molar-refractivity contribution in [2.24, 2.45) is 0 Å². The summed E-state index contributed by atoms with van der Waals surface area (Å²) in [6, 6.07) is 9.85. The molecule has 0 radical (unpaired) electrons. The minimum Gasteiger partial charge on any atom is -0.348 e. The molecular formula is C14H23NO. The quantitative estimate of drug-likeness (QED) is 0.751. The van der Waals surface area contributed by atoms with Gasteiger partial charge in [0.2, 0.25) is 5.91 Å². The van der Waals surface area contributed by atoms with Crippen LogP contribution in [-0.4, -0.2) is 24.9 Å². The van der Waals surface area contributed by atoms with E-state index in [4.69, 9.17) is 0 Å². The summed E-state index contributed by atoms with van der Waals surface area (Å²) >= 11 is 0. The van der Waals surface area contributed by atoms with Crippen LogP contribution in [0.25, 0.3) is 0 Å². The maximum absolute atomic E-state index is 11.9. The van der Waals surface area contributed by atoms with Gasteiger partial charge in [-0.05, 0) is 19.4 Å². The number of hydrogen-bond acceptors (Lipinski definition) is 1. The lowest BCUT2D eigenvalue weighted by atomic mass is 9.83. The Labute approximate surface area is 99.3 Å². The highest BCUT2D eigenvalue weighted by atomic mass is 16.2. The van der Waals surface area contributed by atoms with Gasteiger partial charge in [-0.1, -0.05) is 44.2 Å². The Morgan fingerprint density at radius 3 is 1.88 bits per heavy atom. The summed E-state index contributed by atoms with van der Waals surface area (Å²) in [7, 11) is 3.57. The molecule has 0 N–H and O–H groups in total. The monoisotopic (exact) mass is 221 g/mol. The van der Waals surface area contributed by atoms with E-state index in [-0.39, 0.29) is 5.91 Å². The Kier molecular flexibility index (Phi) is 5.79. The molecule has 0 atom stereocenters. The van der Waals surface area contributed by atoms with Crippen LogP contribution in [0.15, 0.2) is 30.3 Å². The van der Waals surface area contributed by atoms with Crippen LogP contribution in [0, 0.1) is 0 Å². The summed E-state index contributed by atoms with van der Waals surface area (Å²) in [5, 5.41) is 0. The zero-order chi connectivity index (χ0) is 12.8. The molecule has 0 aromatic heterocycles. The summed E-state index contributed by atoms with van der Waals surface area (Å²) in [5.41, 5.74) is 0.615. The maximum Gasteiger partial charge on any atom is 0.232 e. The predicted molar refractivity (Wildman–Crippen MR) is 69.5 cm³/mol. The van der Waals surface area contributed by atoms with E-state index in [2.05, 4.69) is 0 Å². The van der Waals surface area contributed by atoms with Crippen LogP contribution in [-0.2, 0) is 10.2 Å². The van der Waals surface area contributed by atoms with Crippen molar-refractivity contribution in [2.45, 2.75) is 33.1 Å². The molecule has 1 aromatic carbocycles. The number of likely N-dealkylation sites (N-methyl/N-ethyl adjacent to an activating group) is 1. The molecule has 0 unspecified atom stereocenters. The van der Waals surface area contributed by atoms with Gasteiger partial charge in [0.1, 0.15) is 0 Å². The standard InChI is InChI=1S/C12H17NO.C2H6/c1-12(2,11(14)13(3)4)10-8-6-5-7-9-10;1-2/h5-9H,1-4H3;1-2H3. The Hall–Kier alpha value is -1.31. The topological polar surface area (TPSA) is 20.3 Å². The summed E-state index contributed by atoms with van der Waals surface area (Å²) in [5.74, 6) is 0.128. The fraction of sp³-hybridized carbons (Fsp3) is 0.500. The fourth-order valence-electron chi connectivity index (χ4n) is 1.54. The van der Waals surface area contributed by atoms with Gasteiger partial charge in [-0.15, -0.1) is 0 Å². The van der Waals surface area contributed by atoms with Crippen molar-refractivity contribution >= 4 is 5.91 Å². The van der Waals surface area contributed by atoms with Gasteiger partial charge in [0.15, 0.2) is 0 Å². The summed E-state index contributed by atoms with van der Waals surface area (Å²) in [4.78, 5) is 13.5. The highest BCUT2D eigenvalue weighted by molar-refractivity contribution is 5.86. The Morgan fingerprint density at radius 1 is 1.06 bits per heavy atom. The second-order valence-corrected chi connectivity index (χ2v) is 4.19. The van der Waals surface area contributed by atoms with E-state index in [1.165, 1.54) is 0 Å². The van der Waals surface area contributed by atoms with Crippen LogP contribution >= 0.6 is 0 Å². The first-order valence-electron chi connectivity index (χ1n) is 5.73. The smallest absolute Gasteiger partial charge is 0.232 e. The fourth-order valence-corrected chi connectivity index (χ4v) is 1.54. The van der Waals surface area contributed by atoms with Crippen LogP contribution in [0.1, 0.15) is 33.3 Å². The third kappa shape index (κ3) is 3.37. The lowest BCUT2D eigenvalue weighted by Crippen LogP contribution is -2.39. The molecule has 0 aliphatic carbocycles. The van der Waals surface area contributed by atoms with Crippen molar-refractivity contribution in [1.29, 1.82) is 0 Å². The van der Waals surface area contributed by atoms with Gasteiger partial charge in [-0.3, -0.25) is 4.79 Å². The Morgan fingerprint density at radius 2 is 1.50 bits per heavy atom. The molecule has 0 spiro atoms. The number of hydrogen-bond donors (Lipinski definition) is 0. The number of amides is 1. The average Bonchev–Trinajstić information content (AvgIpc) is 2.31. The van der Waals surface area contributed by atoms with E-state index < -0.39 is 5.41 Å². The minimum absolute atomic E-state index is 0.128. The predicted octanol–water partition coefficient (Wildman–Crippen LogP) is 3.08. The second kappa shape index (κ2) is 6.31. The number of benzene rings is 1. The Bertz CT molecular complexity index is 315. The van der Waals surface area contributed by atoms with Gasteiger partial charge in [-0.25, -0.2) is 0 Å². The Balaban J connectivity index is 0.00000106. The summed E-state index contributed by atoms with van der Waals surface area (Å²) < 4.78 is 0. The second-order valence-electron chi connectivity index (χ2n) is 4.19. The molecule has 0 heterocycles. The van der Waals surface area contributed by atoms with Gasteiger partial charge >= 0.3 is 0 Å². The van der Waals surface area contributed by atoms with Gasteiger partial charge in [0.05, 0.1) is 5.41 Å². The molecule has 0 saturated carbocycles. The summed E-state index contributed by atoms with van der Waals surface area (Å²) in [6.45, 7) is 7.90. The molecule has 0 aliphatic heterocycles. The number of carbonyl (C=O) groups excluding carboxylic acids is 1. The van der Waals surface area contributed by atoms with Crippen molar-refractivity contribution in [2.75, 3.05) is 14.1 Å². The highest BCUT2D eigenvalue weighted by Gasteiger charge is 2.30. The van der Waals surface area contributed by atoms with Crippen molar-refractivity contribution < 1.29 is 4.79 Å². The number of rotatable bonds is 2. The highest BCUT2D eigenvalue weighted by Crippen LogP contribution is 2.24. The van der Waals surface area contributed by atoms with E-state index >= 15 is 0 Å². The zero-order valence-electron chi connectivity index (χ0n) is 11.2.